The number of alkyl carbamates (subject to hydrolysis) is 1. The number of anilines is 1. The van der Waals surface area contributed by atoms with Crippen molar-refractivity contribution in [1.29, 1.82) is 0 Å². The molecule has 0 aliphatic heterocycles. The van der Waals surface area contributed by atoms with Crippen LogP contribution in [0.1, 0.15) is 26.3 Å². The van der Waals surface area contributed by atoms with E-state index < -0.39 is 17.7 Å². The number of hydrogen-bond acceptors (Lipinski definition) is 4. The summed E-state index contributed by atoms with van der Waals surface area (Å²) < 4.78 is 5.26. The molecule has 0 aliphatic rings. The minimum atomic E-state index is -0.766. The van der Waals surface area contributed by atoms with E-state index in [1.54, 1.807) is 45.3 Å². The Labute approximate surface area is 147 Å². The van der Waals surface area contributed by atoms with Gasteiger partial charge in [0.2, 0.25) is 5.91 Å². The molecular weight excluding hydrogens is 318 g/mol. The van der Waals surface area contributed by atoms with Gasteiger partial charge in [-0.25, -0.2) is 4.79 Å². The zero-order valence-corrected chi connectivity index (χ0v) is 14.7. The minimum absolute atomic E-state index is 0.331. The van der Waals surface area contributed by atoms with Crippen molar-refractivity contribution in [2.45, 2.75) is 38.8 Å². The van der Waals surface area contributed by atoms with Crippen LogP contribution in [0, 0.1) is 0 Å². The fourth-order valence-electron chi connectivity index (χ4n) is 2.17. The lowest BCUT2D eigenvalue weighted by molar-refractivity contribution is -0.118. The van der Waals surface area contributed by atoms with Crippen molar-refractivity contribution in [2.75, 3.05) is 5.32 Å². The smallest absolute Gasteiger partial charge is 0.408 e. The molecule has 0 fully saturated rings. The zero-order chi connectivity index (χ0) is 18.3. The molecule has 1 heterocycles. The number of amides is 2. The second-order valence-electron chi connectivity index (χ2n) is 6.62. The number of carbonyl (C=O) groups is 2. The molecule has 1 aromatic carbocycles. The van der Waals surface area contributed by atoms with E-state index in [4.69, 9.17) is 4.74 Å². The third kappa shape index (κ3) is 6.63. The van der Waals surface area contributed by atoms with Crippen LogP contribution in [0.15, 0.2) is 54.9 Å². The number of nitrogens with zero attached hydrogens (tertiary/aromatic N) is 1. The molecule has 25 heavy (non-hydrogen) atoms. The predicted octanol–water partition coefficient (Wildman–Crippen LogP) is 3.16. The third-order valence-electron chi connectivity index (χ3n) is 3.22. The Morgan fingerprint density at radius 2 is 1.84 bits per heavy atom. The molecule has 0 aliphatic carbocycles. The Bertz CT molecular complexity index is 697. The van der Waals surface area contributed by atoms with Gasteiger partial charge in [0.1, 0.15) is 11.6 Å². The SMILES string of the molecule is CC(C)(C)OC(=O)N[C@@H](Cc1ccccc1)C(=O)Nc1cccnc1. The highest BCUT2D eigenvalue weighted by atomic mass is 16.6. The Kier molecular flexibility index (Phi) is 6.11. The van der Waals surface area contributed by atoms with Gasteiger partial charge in [-0.05, 0) is 38.5 Å². The summed E-state index contributed by atoms with van der Waals surface area (Å²) >= 11 is 0. The van der Waals surface area contributed by atoms with Crippen molar-refractivity contribution in [2.24, 2.45) is 0 Å². The number of hydrogen-bond donors (Lipinski definition) is 2. The molecule has 6 heteroatoms. The van der Waals surface area contributed by atoms with Crippen LogP contribution in [-0.4, -0.2) is 28.6 Å². The van der Waals surface area contributed by atoms with Gasteiger partial charge in [0.15, 0.2) is 0 Å². The van der Waals surface area contributed by atoms with E-state index in [0.29, 0.717) is 12.1 Å². The fourth-order valence-corrected chi connectivity index (χ4v) is 2.17. The average molecular weight is 341 g/mol. The summed E-state index contributed by atoms with van der Waals surface area (Å²) in [7, 11) is 0. The maximum absolute atomic E-state index is 12.6. The molecule has 0 saturated carbocycles. The maximum Gasteiger partial charge on any atom is 0.408 e. The molecule has 0 saturated heterocycles. The molecule has 132 valence electrons. The molecule has 0 unspecified atom stereocenters. The molecule has 6 nitrogen and oxygen atoms in total. The molecule has 2 amide bonds. The zero-order valence-electron chi connectivity index (χ0n) is 14.7. The number of ether oxygens (including phenoxy) is 1. The molecule has 0 bridgehead atoms. The summed E-state index contributed by atoms with van der Waals surface area (Å²) in [5.41, 5.74) is 0.864. The summed E-state index contributed by atoms with van der Waals surface area (Å²) in [6.07, 6.45) is 2.89. The lowest BCUT2D eigenvalue weighted by Crippen LogP contribution is -2.47. The first kappa shape index (κ1) is 18.4. The Balaban J connectivity index is 2.10. The van der Waals surface area contributed by atoms with Crippen molar-refractivity contribution < 1.29 is 14.3 Å². The van der Waals surface area contributed by atoms with Crippen molar-refractivity contribution in [3.8, 4) is 0 Å². The van der Waals surface area contributed by atoms with Crippen LogP contribution >= 0.6 is 0 Å². The predicted molar refractivity (Wildman–Crippen MR) is 96.2 cm³/mol. The van der Waals surface area contributed by atoms with Crippen molar-refractivity contribution in [1.82, 2.24) is 10.3 Å². The van der Waals surface area contributed by atoms with Gasteiger partial charge in [0.25, 0.3) is 0 Å². The Morgan fingerprint density at radius 1 is 1.12 bits per heavy atom. The molecule has 0 radical (unpaired) electrons. The van der Waals surface area contributed by atoms with Crippen LogP contribution in [0.3, 0.4) is 0 Å². The average Bonchev–Trinajstić information content (AvgIpc) is 2.54. The van der Waals surface area contributed by atoms with Crippen LogP contribution in [0.5, 0.6) is 0 Å². The normalized spacial score (nSPS) is 12.1. The van der Waals surface area contributed by atoms with Crippen molar-refractivity contribution in [3.05, 3.63) is 60.4 Å². The van der Waals surface area contributed by atoms with Crippen molar-refractivity contribution in [3.63, 3.8) is 0 Å². The molecule has 2 N–H and O–H groups in total. The van der Waals surface area contributed by atoms with Crippen LogP contribution < -0.4 is 10.6 Å². The van der Waals surface area contributed by atoms with E-state index in [1.165, 1.54) is 0 Å². The molecular formula is C19H23N3O3. The number of pyridine rings is 1. The van der Waals surface area contributed by atoms with Gasteiger partial charge >= 0.3 is 6.09 Å². The van der Waals surface area contributed by atoms with Gasteiger partial charge in [-0.3, -0.25) is 9.78 Å². The topological polar surface area (TPSA) is 80.3 Å². The molecule has 2 aromatic rings. The fraction of sp³-hybridized carbons (Fsp3) is 0.316. The summed E-state index contributed by atoms with van der Waals surface area (Å²) in [4.78, 5) is 28.7. The highest BCUT2D eigenvalue weighted by Gasteiger charge is 2.24. The van der Waals surface area contributed by atoms with E-state index in [0.717, 1.165) is 5.56 Å². The Hall–Kier alpha value is -2.89. The van der Waals surface area contributed by atoms with Crippen LogP contribution in [-0.2, 0) is 16.0 Å². The maximum atomic E-state index is 12.6. The van der Waals surface area contributed by atoms with Gasteiger partial charge in [0.05, 0.1) is 11.9 Å². The number of aromatic nitrogens is 1. The first-order chi connectivity index (χ1) is 11.8. The molecule has 2 rings (SSSR count). The number of carbonyl (C=O) groups excluding carboxylic acids is 2. The van der Waals surface area contributed by atoms with Gasteiger partial charge in [-0.15, -0.1) is 0 Å². The van der Waals surface area contributed by atoms with Crippen LogP contribution in [0.4, 0.5) is 10.5 Å². The van der Waals surface area contributed by atoms with E-state index >= 15 is 0 Å². The number of benzene rings is 1. The van der Waals surface area contributed by atoms with Gasteiger partial charge < -0.3 is 15.4 Å². The lowest BCUT2D eigenvalue weighted by Gasteiger charge is -2.23. The standard InChI is InChI=1S/C19H23N3O3/c1-19(2,3)25-18(24)22-16(12-14-8-5-4-6-9-14)17(23)21-15-10-7-11-20-13-15/h4-11,13,16H,12H2,1-3H3,(H,21,23)(H,22,24)/t16-/m0/s1. The summed E-state index contributed by atoms with van der Waals surface area (Å²) in [5, 5.41) is 5.41. The second-order valence-corrected chi connectivity index (χ2v) is 6.62. The van der Waals surface area contributed by atoms with E-state index in [9.17, 15) is 9.59 Å². The minimum Gasteiger partial charge on any atom is -0.444 e. The monoisotopic (exact) mass is 341 g/mol. The molecule has 1 aromatic heterocycles. The Morgan fingerprint density at radius 3 is 2.44 bits per heavy atom. The van der Waals surface area contributed by atoms with Gasteiger partial charge in [0, 0.05) is 12.6 Å². The van der Waals surface area contributed by atoms with Gasteiger partial charge in [-0.2, -0.15) is 0 Å². The second kappa shape index (κ2) is 8.28. The van der Waals surface area contributed by atoms with Crippen LogP contribution in [0.25, 0.3) is 0 Å². The van der Waals surface area contributed by atoms with E-state index in [2.05, 4.69) is 15.6 Å². The molecule has 0 spiro atoms. The quantitative estimate of drug-likeness (QED) is 0.875. The summed E-state index contributed by atoms with van der Waals surface area (Å²) in [5.74, 6) is -0.331. The summed E-state index contributed by atoms with van der Waals surface area (Å²) in [6.45, 7) is 5.32. The summed E-state index contributed by atoms with van der Waals surface area (Å²) in [6, 6.07) is 12.2. The first-order valence-corrected chi connectivity index (χ1v) is 8.08. The number of rotatable bonds is 5. The van der Waals surface area contributed by atoms with Crippen molar-refractivity contribution >= 4 is 17.7 Å². The van der Waals surface area contributed by atoms with Gasteiger partial charge in [-0.1, -0.05) is 30.3 Å². The highest BCUT2D eigenvalue weighted by Crippen LogP contribution is 2.10. The third-order valence-corrected chi connectivity index (χ3v) is 3.22. The lowest BCUT2D eigenvalue weighted by atomic mass is 10.1. The molecule has 1 atom stereocenters. The first-order valence-electron chi connectivity index (χ1n) is 8.08. The highest BCUT2D eigenvalue weighted by molar-refractivity contribution is 5.96. The largest absolute Gasteiger partial charge is 0.444 e. The van der Waals surface area contributed by atoms with E-state index in [-0.39, 0.29) is 5.91 Å². The van der Waals surface area contributed by atoms with Crippen LogP contribution in [0.2, 0.25) is 0 Å². The van der Waals surface area contributed by atoms with E-state index in [1.807, 2.05) is 30.3 Å². The number of nitrogens with one attached hydrogen (secondary N) is 2.